The Hall–Kier alpha value is -4.25. The van der Waals surface area contributed by atoms with E-state index in [0.717, 1.165) is 44.4 Å². The van der Waals surface area contributed by atoms with E-state index in [1.165, 1.54) is 0 Å². The minimum absolute atomic E-state index is 0.152. The van der Waals surface area contributed by atoms with Gasteiger partial charge in [-0.1, -0.05) is 6.07 Å². The molecule has 0 radical (unpaired) electrons. The van der Waals surface area contributed by atoms with Crippen molar-refractivity contribution in [1.82, 2.24) is 28.9 Å². The van der Waals surface area contributed by atoms with Crippen LogP contribution in [0.15, 0.2) is 53.7 Å². The molecule has 0 aliphatic rings. The van der Waals surface area contributed by atoms with Crippen LogP contribution >= 0.6 is 0 Å². The van der Waals surface area contributed by atoms with Gasteiger partial charge in [-0.15, -0.1) is 0 Å². The number of nitrogens with zero attached hydrogens (tertiary/aromatic N) is 7. The van der Waals surface area contributed by atoms with Crippen LogP contribution < -0.4 is 5.69 Å². The average Bonchev–Trinajstić information content (AvgIpc) is 3.22. The fourth-order valence-corrected chi connectivity index (χ4v) is 3.84. The Balaban J connectivity index is 1.86. The first-order valence-electron chi connectivity index (χ1n) is 9.35. The van der Waals surface area contributed by atoms with Gasteiger partial charge in [-0.25, -0.2) is 9.78 Å². The molecule has 0 saturated heterocycles. The monoisotopic (exact) mass is 395 g/mol. The summed E-state index contributed by atoms with van der Waals surface area (Å²) in [4.78, 5) is 21.9. The Kier molecular flexibility index (Phi) is 3.79. The number of imidazole rings is 1. The van der Waals surface area contributed by atoms with Crippen LogP contribution in [0.4, 0.5) is 0 Å². The van der Waals surface area contributed by atoms with E-state index in [-0.39, 0.29) is 5.69 Å². The molecular weight excluding hydrogens is 378 g/mol. The molecule has 0 fully saturated rings. The van der Waals surface area contributed by atoms with Gasteiger partial charge in [0, 0.05) is 37.4 Å². The van der Waals surface area contributed by atoms with Gasteiger partial charge in [0.25, 0.3) is 0 Å². The molecule has 0 bridgehead atoms. The zero-order valence-corrected chi connectivity index (χ0v) is 16.7. The van der Waals surface area contributed by atoms with E-state index in [4.69, 9.17) is 5.26 Å². The van der Waals surface area contributed by atoms with E-state index in [1.54, 1.807) is 39.3 Å². The smallest absolute Gasteiger partial charge is 0.293 e. The van der Waals surface area contributed by atoms with Gasteiger partial charge in [0.1, 0.15) is 11.8 Å². The summed E-state index contributed by atoms with van der Waals surface area (Å²) in [5, 5.41) is 14.2. The number of aromatic nitrogens is 6. The van der Waals surface area contributed by atoms with Crippen LogP contribution in [0.25, 0.3) is 38.8 Å². The van der Waals surface area contributed by atoms with Crippen molar-refractivity contribution in [3.63, 3.8) is 0 Å². The van der Waals surface area contributed by atoms with Gasteiger partial charge in [-0.2, -0.15) is 10.4 Å². The number of aryl methyl sites for hydroxylation is 3. The molecule has 0 amide bonds. The van der Waals surface area contributed by atoms with Crippen LogP contribution in [-0.4, -0.2) is 28.9 Å². The summed E-state index contributed by atoms with van der Waals surface area (Å²) >= 11 is 0. The lowest BCUT2D eigenvalue weighted by Crippen LogP contribution is -2.21. The van der Waals surface area contributed by atoms with Gasteiger partial charge >= 0.3 is 5.69 Å². The number of hydrogen-bond acceptors (Lipinski definition) is 5. The lowest BCUT2D eigenvalue weighted by molar-refractivity contribution is 0.756. The predicted octanol–water partition coefficient (Wildman–Crippen LogP) is 2.85. The Morgan fingerprint density at radius 1 is 1.03 bits per heavy atom. The third-order valence-corrected chi connectivity index (χ3v) is 5.32. The summed E-state index contributed by atoms with van der Waals surface area (Å²) in [7, 11) is 3.58. The number of nitriles is 1. The van der Waals surface area contributed by atoms with Gasteiger partial charge in [-0.05, 0) is 36.8 Å². The number of benzene rings is 1. The fourth-order valence-electron chi connectivity index (χ4n) is 3.84. The van der Waals surface area contributed by atoms with Crippen molar-refractivity contribution in [2.45, 2.75) is 6.92 Å². The van der Waals surface area contributed by atoms with Crippen molar-refractivity contribution in [2.75, 3.05) is 0 Å². The molecule has 146 valence electrons. The molecule has 0 aliphatic carbocycles. The van der Waals surface area contributed by atoms with Crippen molar-refractivity contribution in [3.05, 3.63) is 70.8 Å². The maximum atomic E-state index is 13.1. The lowest BCUT2D eigenvalue weighted by atomic mass is 10.0. The molecule has 1 aromatic carbocycles. The van der Waals surface area contributed by atoms with Crippen molar-refractivity contribution in [2.24, 2.45) is 14.1 Å². The van der Waals surface area contributed by atoms with Gasteiger partial charge in [0.05, 0.1) is 34.1 Å². The van der Waals surface area contributed by atoms with E-state index < -0.39 is 0 Å². The van der Waals surface area contributed by atoms with Crippen LogP contribution in [-0.2, 0) is 14.1 Å². The Morgan fingerprint density at radius 2 is 1.83 bits per heavy atom. The second-order valence-corrected chi connectivity index (χ2v) is 7.22. The van der Waals surface area contributed by atoms with E-state index in [1.807, 2.05) is 50.5 Å². The van der Waals surface area contributed by atoms with E-state index in [9.17, 15) is 4.79 Å². The van der Waals surface area contributed by atoms with Gasteiger partial charge in [0.2, 0.25) is 0 Å². The molecule has 8 nitrogen and oxygen atoms in total. The van der Waals surface area contributed by atoms with Crippen molar-refractivity contribution < 1.29 is 0 Å². The van der Waals surface area contributed by atoms with Gasteiger partial charge in [-0.3, -0.25) is 18.8 Å². The molecule has 5 aromatic rings. The van der Waals surface area contributed by atoms with Crippen molar-refractivity contribution in [3.8, 4) is 22.9 Å². The molecule has 4 aromatic heterocycles. The molecule has 0 spiro atoms. The zero-order chi connectivity index (χ0) is 21.0. The molecule has 0 atom stereocenters. The summed E-state index contributed by atoms with van der Waals surface area (Å²) in [6.45, 7) is 1.89. The second kappa shape index (κ2) is 6.39. The molecular formula is C22H17N7O. The first-order valence-corrected chi connectivity index (χ1v) is 9.35. The number of hydrogen-bond donors (Lipinski definition) is 0. The van der Waals surface area contributed by atoms with Crippen LogP contribution in [0.2, 0.25) is 0 Å². The normalized spacial score (nSPS) is 11.3. The first kappa shape index (κ1) is 17.8. The summed E-state index contributed by atoms with van der Waals surface area (Å²) in [5.41, 5.74) is 5.85. The number of pyridine rings is 2. The third kappa shape index (κ3) is 2.53. The fraction of sp³-hybridized carbons (Fsp3) is 0.136. The van der Waals surface area contributed by atoms with Gasteiger partial charge in [0.15, 0.2) is 0 Å². The predicted molar refractivity (Wildman–Crippen MR) is 113 cm³/mol. The topological polar surface area (TPSA) is 94.3 Å². The van der Waals surface area contributed by atoms with Crippen LogP contribution in [0.1, 0.15) is 11.4 Å². The maximum Gasteiger partial charge on any atom is 0.333 e. The second-order valence-electron chi connectivity index (χ2n) is 7.22. The first-order chi connectivity index (χ1) is 14.5. The van der Waals surface area contributed by atoms with Gasteiger partial charge < -0.3 is 0 Å². The highest BCUT2D eigenvalue weighted by Crippen LogP contribution is 2.30. The molecule has 0 N–H and O–H groups in total. The van der Waals surface area contributed by atoms with Crippen molar-refractivity contribution >= 4 is 21.9 Å². The van der Waals surface area contributed by atoms with Crippen LogP contribution in [0, 0.1) is 18.3 Å². The Morgan fingerprint density at radius 3 is 2.50 bits per heavy atom. The molecule has 5 rings (SSSR count). The van der Waals surface area contributed by atoms with E-state index >= 15 is 0 Å². The molecule has 30 heavy (non-hydrogen) atoms. The van der Waals surface area contributed by atoms with Crippen LogP contribution in [0.5, 0.6) is 0 Å². The molecule has 0 aliphatic heterocycles. The minimum Gasteiger partial charge on any atom is -0.293 e. The summed E-state index contributed by atoms with van der Waals surface area (Å²) in [6, 6.07) is 11.5. The minimum atomic E-state index is -0.152. The van der Waals surface area contributed by atoms with Crippen LogP contribution in [0.3, 0.4) is 0 Å². The Labute approximate surface area is 171 Å². The van der Waals surface area contributed by atoms with E-state index in [2.05, 4.69) is 15.1 Å². The SMILES string of the molecule is Cc1nn(C)cc1-n1c(=O)n(C)c2cnc3ccc(-c4ccc(C#N)nc4)cc3c21. The lowest BCUT2D eigenvalue weighted by Gasteiger charge is -2.07. The largest absolute Gasteiger partial charge is 0.333 e. The van der Waals surface area contributed by atoms with Crippen molar-refractivity contribution in [1.29, 1.82) is 5.26 Å². The Bertz CT molecular complexity index is 1550. The number of rotatable bonds is 2. The molecule has 0 saturated carbocycles. The summed E-state index contributed by atoms with van der Waals surface area (Å²) in [6.07, 6.45) is 5.25. The standard InChI is InChI=1S/C22H17N7O/c1-13-20(12-27(2)26-13)29-21-17-8-14(15-4-6-16(9-23)24-10-15)5-7-18(17)25-11-19(21)28(3)22(29)30/h4-8,10-12H,1-3H3. The molecule has 0 unspecified atom stereocenters. The summed E-state index contributed by atoms with van der Waals surface area (Å²) in [5.74, 6) is 0. The maximum absolute atomic E-state index is 13.1. The quantitative estimate of drug-likeness (QED) is 0.458. The van der Waals surface area contributed by atoms with E-state index in [0.29, 0.717) is 5.69 Å². The highest BCUT2D eigenvalue weighted by Gasteiger charge is 2.19. The highest BCUT2D eigenvalue weighted by molar-refractivity contribution is 6.04. The number of fused-ring (bicyclic) bond motifs is 3. The summed E-state index contributed by atoms with van der Waals surface area (Å²) < 4.78 is 5.00. The zero-order valence-electron chi connectivity index (χ0n) is 16.7. The average molecular weight is 395 g/mol. The molecule has 8 heteroatoms. The molecule has 4 heterocycles. The third-order valence-electron chi connectivity index (χ3n) is 5.32. The highest BCUT2D eigenvalue weighted by atomic mass is 16.1.